The Hall–Kier alpha value is -2.31. The molecule has 1 unspecified atom stereocenters. The van der Waals surface area contributed by atoms with E-state index < -0.39 is 0 Å². The Morgan fingerprint density at radius 2 is 1.94 bits per heavy atom. The number of carbonyl (C=O) groups is 1. The van der Waals surface area contributed by atoms with Crippen LogP contribution in [0.3, 0.4) is 0 Å². The smallest absolute Gasteiger partial charge is 0.233 e. The lowest BCUT2D eigenvalue weighted by molar-refractivity contribution is -0.120. The number of benzene rings is 1. The van der Waals surface area contributed by atoms with Crippen LogP contribution in [0.15, 0.2) is 59.8 Å². The highest BCUT2D eigenvalue weighted by molar-refractivity contribution is 8.00. The number of pyridine rings is 1. The molecule has 162 valence electrons. The van der Waals surface area contributed by atoms with Gasteiger partial charge in [0.2, 0.25) is 5.91 Å². The molecule has 1 N–H and O–H groups in total. The number of aromatic nitrogens is 2. The summed E-state index contributed by atoms with van der Waals surface area (Å²) in [6.07, 6.45) is 7.38. The number of nitrogens with zero attached hydrogens (tertiary/aromatic N) is 3. The minimum absolute atomic E-state index is 0.0622. The summed E-state index contributed by atoms with van der Waals surface area (Å²) >= 11 is 1.66. The summed E-state index contributed by atoms with van der Waals surface area (Å²) < 4.78 is 2.17. The average Bonchev–Trinajstić information content (AvgIpc) is 3.23. The summed E-state index contributed by atoms with van der Waals surface area (Å²) in [5.41, 5.74) is 3.53. The van der Waals surface area contributed by atoms with Crippen LogP contribution in [0.25, 0.3) is 5.65 Å². The average molecular weight is 435 g/mol. The first-order chi connectivity index (χ1) is 15.3. The van der Waals surface area contributed by atoms with Gasteiger partial charge in [-0.2, -0.15) is 0 Å². The maximum Gasteiger partial charge on any atom is 0.233 e. The number of hydrogen-bond donors (Lipinski definition) is 1. The lowest BCUT2D eigenvalue weighted by Gasteiger charge is -2.32. The summed E-state index contributed by atoms with van der Waals surface area (Å²) in [6, 6.07) is 16.9. The second-order valence-electron chi connectivity index (χ2n) is 8.74. The molecule has 1 aromatic carbocycles. The summed E-state index contributed by atoms with van der Waals surface area (Å²) in [5.74, 6) is 0.761. The Morgan fingerprint density at radius 1 is 1.10 bits per heavy atom. The van der Waals surface area contributed by atoms with Crippen molar-refractivity contribution >= 4 is 23.3 Å². The van der Waals surface area contributed by atoms with Gasteiger partial charge in [-0.05, 0) is 68.9 Å². The molecule has 2 aliphatic heterocycles. The zero-order valence-corrected chi connectivity index (χ0v) is 18.7. The molecule has 6 heteroatoms. The molecule has 5 rings (SSSR count). The van der Waals surface area contributed by atoms with Crippen LogP contribution in [0.2, 0.25) is 0 Å². The molecule has 1 saturated heterocycles. The number of thioether (sulfide) groups is 1. The minimum Gasteiger partial charge on any atom is -0.355 e. The van der Waals surface area contributed by atoms with Gasteiger partial charge in [0.1, 0.15) is 5.65 Å². The number of hydrogen-bond acceptors (Lipinski definition) is 4. The number of carbonyl (C=O) groups excluding carboxylic acids is 1. The third-order valence-electron chi connectivity index (χ3n) is 6.57. The van der Waals surface area contributed by atoms with Gasteiger partial charge in [0, 0.05) is 24.9 Å². The van der Waals surface area contributed by atoms with E-state index in [-0.39, 0.29) is 11.2 Å². The zero-order chi connectivity index (χ0) is 21.0. The van der Waals surface area contributed by atoms with Crippen molar-refractivity contribution in [3.05, 3.63) is 66.0 Å². The molecule has 0 aliphatic carbocycles. The third-order valence-corrected chi connectivity index (χ3v) is 7.80. The van der Waals surface area contributed by atoms with Crippen LogP contribution in [0, 0.1) is 5.92 Å². The molecule has 0 spiro atoms. The van der Waals surface area contributed by atoms with Gasteiger partial charge in [-0.15, -0.1) is 0 Å². The highest BCUT2D eigenvalue weighted by Crippen LogP contribution is 2.32. The maximum atomic E-state index is 12.9. The fraction of sp³-hybridized carbons (Fsp3) is 0.440. The molecular weight excluding hydrogens is 404 g/mol. The molecule has 1 amide bonds. The first kappa shape index (κ1) is 20.6. The van der Waals surface area contributed by atoms with Gasteiger partial charge in [0.05, 0.1) is 10.3 Å². The van der Waals surface area contributed by atoms with Crippen LogP contribution in [0.4, 0.5) is 0 Å². The van der Waals surface area contributed by atoms with E-state index in [1.54, 1.807) is 11.8 Å². The Kier molecular flexibility index (Phi) is 6.27. The van der Waals surface area contributed by atoms with Crippen molar-refractivity contribution in [1.82, 2.24) is 19.6 Å². The van der Waals surface area contributed by atoms with E-state index in [4.69, 9.17) is 0 Å². The van der Waals surface area contributed by atoms with Gasteiger partial charge in [0.15, 0.2) is 0 Å². The van der Waals surface area contributed by atoms with Crippen molar-refractivity contribution in [2.45, 2.75) is 42.4 Å². The van der Waals surface area contributed by atoms with Gasteiger partial charge in [-0.3, -0.25) is 9.20 Å². The van der Waals surface area contributed by atoms with Crippen molar-refractivity contribution in [3.8, 4) is 0 Å². The van der Waals surface area contributed by atoms with Crippen molar-refractivity contribution in [2.75, 3.05) is 26.2 Å². The number of nitrogens with one attached hydrogen (secondary N) is 1. The van der Waals surface area contributed by atoms with E-state index in [9.17, 15) is 4.79 Å². The molecule has 2 aliphatic rings. The van der Waals surface area contributed by atoms with E-state index in [1.165, 1.54) is 31.4 Å². The second kappa shape index (κ2) is 9.45. The first-order valence-corrected chi connectivity index (χ1v) is 12.3. The van der Waals surface area contributed by atoms with E-state index in [0.29, 0.717) is 5.92 Å². The van der Waals surface area contributed by atoms with Gasteiger partial charge >= 0.3 is 0 Å². The van der Waals surface area contributed by atoms with Crippen LogP contribution in [0.1, 0.15) is 30.5 Å². The molecule has 1 fully saturated rings. The number of amides is 1. The van der Waals surface area contributed by atoms with Crippen LogP contribution in [0.5, 0.6) is 0 Å². The van der Waals surface area contributed by atoms with Gasteiger partial charge < -0.3 is 10.2 Å². The van der Waals surface area contributed by atoms with Crippen molar-refractivity contribution in [1.29, 1.82) is 0 Å². The molecule has 0 bridgehead atoms. The Bertz CT molecular complexity index is 1030. The number of aryl methyl sites for hydroxylation is 1. The lowest BCUT2D eigenvalue weighted by Crippen LogP contribution is -2.42. The Labute approximate surface area is 188 Å². The SMILES string of the molecule is O=C(NCC1CCN(CCCc2ccccc2)CC1)C1Cc2cnc3cccc(n23)S1. The topological polar surface area (TPSA) is 49.6 Å². The number of imidazole rings is 1. The highest BCUT2D eigenvalue weighted by Gasteiger charge is 2.28. The summed E-state index contributed by atoms with van der Waals surface area (Å²) in [5, 5.41) is 4.30. The van der Waals surface area contributed by atoms with Crippen molar-refractivity contribution in [2.24, 2.45) is 5.92 Å². The van der Waals surface area contributed by atoms with Gasteiger partial charge in [-0.25, -0.2) is 4.98 Å². The monoisotopic (exact) mass is 434 g/mol. The third kappa shape index (κ3) is 4.80. The number of likely N-dealkylation sites (tertiary alicyclic amines) is 1. The predicted molar refractivity (Wildman–Crippen MR) is 125 cm³/mol. The highest BCUT2D eigenvalue weighted by atomic mass is 32.2. The quantitative estimate of drug-likeness (QED) is 0.614. The Morgan fingerprint density at radius 3 is 2.77 bits per heavy atom. The van der Waals surface area contributed by atoms with Crippen molar-refractivity contribution in [3.63, 3.8) is 0 Å². The standard InChI is InChI=1S/C25H30N4OS/c30-25(22-16-21-18-26-23-9-4-10-24(31-22)29(21)23)27-17-20-11-14-28(15-12-20)13-5-8-19-6-2-1-3-7-19/h1-4,6-7,9-10,18,20,22H,5,8,11-17H2,(H,27,30). The lowest BCUT2D eigenvalue weighted by atomic mass is 9.96. The zero-order valence-electron chi connectivity index (χ0n) is 17.9. The normalized spacial score (nSPS) is 19.5. The van der Waals surface area contributed by atoms with Crippen LogP contribution in [-0.4, -0.2) is 51.6 Å². The van der Waals surface area contributed by atoms with E-state index >= 15 is 0 Å². The predicted octanol–water partition coefficient (Wildman–Crippen LogP) is 3.81. The molecule has 2 aromatic heterocycles. The maximum absolute atomic E-state index is 12.9. The summed E-state index contributed by atoms with van der Waals surface area (Å²) in [7, 11) is 0. The minimum atomic E-state index is -0.0622. The molecule has 3 aromatic rings. The molecule has 5 nitrogen and oxygen atoms in total. The van der Waals surface area contributed by atoms with E-state index in [2.05, 4.69) is 56.0 Å². The van der Waals surface area contributed by atoms with E-state index in [1.807, 2.05) is 18.3 Å². The molecule has 31 heavy (non-hydrogen) atoms. The number of rotatable bonds is 7. The van der Waals surface area contributed by atoms with Gasteiger partial charge in [-0.1, -0.05) is 48.2 Å². The van der Waals surface area contributed by atoms with Crippen LogP contribution in [-0.2, 0) is 17.6 Å². The molecule has 1 atom stereocenters. The molecule has 0 saturated carbocycles. The second-order valence-corrected chi connectivity index (χ2v) is 9.96. The van der Waals surface area contributed by atoms with Crippen LogP contribution < -0.4 is 5.32 Å². The van der Waals surface area contributed by atoms with Gasteiger partial charge in [0.25, 0.3) is 0 Å². The molecular formula is C25H30N4OS. The van der Waals surface area contributed by atoms with Crippen LogP contribution >= 0.6 is 11.8 Å². The Balaban J connectivity index is 1.04. The largest absolute Gasteiger partial charge is 0.355 e. The van der Waals surface area contributed by atoms with Crippen molar-refractivity contribution < 1.29 is 4.79 Å². The molecule has 4 heterocycles. The number of piperidine rings is 1. The fourth-order valence-electron chi connectivity index (χ4n) is 4.75. The first-order valence-electron chi connectivity index (χ1n) is 11.4. The summed E-state index contributed by atoms with van der Waals surface area (Å²) in [6.45, 7) is 4.27. The fourth-order valence-corrected chi connectivity index (χ4v) is 5.96. The van der Waals surface area contributed by atoms with E-state index in [0.717, 1.165) is 48.8 Å². The molecule has 0 radical (unpaired) electrons. The summed E-state index contributed by atoms with van der Waals surface area (Å²) in [4.78, 5) is 19.9.